The van der Waals surface area contributed by atoms with Gasteiger partial charge in [-0.3, -0.25) is 4.79 Å². The van der Waals surface area contributed by atoms with Crippen molar-refractivity contribution in [1.82, 2.24) is 0 Å². The van der Waals surface area contributed by atoms with E-state index in [1.807, 2.05) is 0 Å². The van der Waals surface area contributed by atoms with Gasteiger partial charge in [0.25, 0.3) is 0 Å². The van der Waals surface area contributed by atoms with Crippen LogP contribution in [0.1, 0.15) is 22.8 Å². The maximum atomic E-state index is 12.7. The lowest BCUT2D eigenvalue weighted by atomic mass is 10.00. The first-order chi connectivity index (χ1) is 7.79. The van der Waals surface area contributed by atoms with E-state index >= 15 is 0 Å². The van der Waals surface area contributed by atoms with Crippen LogP contribution >= 0.6 is 11.6 Å². The lowest BCUT2D eigenvalue weighted by Crippen LogP contribution is -2.19. The van der Waals surface area contributed by atoms with Crippen molar-refractivity contribution in [3.63, 3.8) is 0 Å². The second kappa shape index (κ2) is 4.96. The van der Waals surface area contributed by atoms with E-state index in [2.05, 4.69) is 0 Å². The molecule has 0 aliphatic rings. The van der Waals surface area contributed by atoms with Gasteiger partial charge < -0.3 is 4.74 Å². The third-order valence-corrected chi connectivity index (χ3v) is 2.36. The van der Waals surface area contributed by atoms with E-state index in [9.17, 15) is 18.0 Å². The van der Waals surface area contributed by atoms with Crippen LogP contribution in [-0.4, -0.2) is 18.3 Å². The largest absolute Gasteiger partial charge is 0.496 e. The van der Waals surface area contributed by atoms with Gasteiger partial charge in [-0.1, -0.05) is 6.07 Å². The monoisotopic (exact) mass is 266 g/mol. The molecule has 0 spiro atoms. The number of ether oxygens (including phenoxy) is 1. The molecule has 1 aromatic carbocycles. The number of carbonyl (C=O) groups excluding carboxylic acids is 1. The van der Waals surface area contributed by atoms with Crippen LogP contribution in [0, 0.1) is 0 Å². The summed E-state index contributed by atoms with van der Waals surface area (Å²) in [7, 11) is 1.20. The Bertz CT molecular complexity index is 427. The molecule has 1 aromatic rings. The molecule has 0 bridgehead atoms. The fraction of sp³-hybridized carbons (Fsp3) is 0.364. The molecule has 0 amide bonds. The highest BCUT2D eigenvalue weighted by Crippen LogP contribution is 2.36. The number of hydrogen-bond donors (Lipinski definition) is 0. The van der Waals surface area contributed by atoms with Crippen molar-refractivity contribution < 1.29 is 22.7 Å². The average molecular weight is 267 g/mol. The summed E-state index contributed by atoms with van der Waals surface area (Å²) < 4.78 is 43.0. The van der Waals surface area contributed by atoms with Crippen LogP contribution in [0.2, 0.25) is 0 Å². The molecule has 1 atom stereocenters. The van der Waals surface area contributed by atoms with Crippen molar-refractivity contribution in [1.29, 1.82) is 0 Å². The topological polar surface area (TPSA) is 26.3 Å². The zero-order valence-corrected chi connectivity index (χ0v) is 9.89. The molecule has 0 saturated carbocycles. The molecular formula is C11H10ClF3O2. The third-order valence-electron chi connectivity index (χ3n) is 2.16. The van der Waals surface area contributed by atoms with Gasteiger partial charge in [-0.2, -0.15) is 13.2 Å². The van der Waals surface area contributed by atoms with Crippen LogP contribution in [0.3, 0.4) is 0 Å². The minimum Gasteiger partial charge on any atom is -0.496 e. The number of ketones is 1. The normalized spacial score (nSPS) is 13.3. The highest BCUT2D eigenvalue weighted by Gasteiger charge is 2.37. The van der Waals surface area contributed by atoms with Crippen LogP contribution in [0.15, 0.2) is 18.2 Å². The summed E-state index contributed by atoms with van der Waals surface area (Å²) >= 11 is 5.54. The number of methoxy groups -OCH3 is 1. The molecule has 17 heavy (non-hydrogen) atoms. The van der Waals surface area contributed by atoms with Gasteiger partial charge in [0.1, 0.15) is 5.75 Å². The smallest absolute Gasteiger partial charge is 0.417 e. The molecule has 0 aliphatic carbocycles. The van der Waals surface area contributed by atoms with E-state index in [0.717, 1.165) is 6.07 Å². The van der Waals surface area contributed by atoms with Crippen LogP contribution in [0.25, 0.3) is 0 Å². The maximum absolute atomic E-state index is 12.7. The summed E-state index contributed by atoms with van der Waals surface area (Å²) in [6.07, 6.45) is -4.62. The molecule has 0 aliphatic heterocycles. The summed E-state index contributed by atoms with van der Waals surface area (Å²) in [6, 6.07) is 3.30. The lowest BCUT2D eigenvalue weighted by Gasteiger charge is -2.15. The van der Waals surface area contributed by atoms with Crippen LogP contribution in [0.5, 0.6) is 5.75 Å². The number of alkyl halides is 4. The van der Waals surface area contributed by atoms with Crippen molar-refractivity contribution in [2.24, 2.45) is 0 Å². The molecule has 0 fully saturated rings. The highest BCUT2D eigenvalue weighted by atomic mass is 35.5. The summed E-state index contributed by atoms with van der Waals surface area (Å²) in [6.45, 7) is 1.32. The molecule has 1 rings (SSSR count). The third kappa shape index (κ3) is 2.91. The number of halogens is 4. The molecule has 0 N–H and O–H groups in total. The predicted octanol–water partition coefficient (Wildman–Crippen LogP) is 3.52. The Morgan fingerprint density at radius 3 is 2.41 bits per heavy atom. The van der Waals surface area contributed by atoms with E-state index in [1.54, 1.807) is 0 Å². The van der Waals surface area contributed by atoms with E-state index < -0.39 is 28.5 Å². The van der Waals surface area contributed by atoms with Crippen LogP contribution < -0.4 is 4.74 Å². The van der Waals surface area contributed by atoms with Gasteiger partial charge in [0, 0.05) is 0 Å². The Morgan fingerprint density at radius 1 is 1.41 bits per heavy atom. The first kappa shape index (κ1) is 13.8. The van der Waals surface area contributed by atoms with Crippen molar-refractivity contribution in [3.8, 4) is 5.75 Å². The Labute approximate surface area is 101 Å². The van der Waals surface area contributed by atoms with Gasteiger partial charge in [-0.25, -0.2) is 0 Å². The fourth-order valence-electron chi connectivity index (χ4n) is 1.39. The Morgan fingerprint density at radius 2 is 2.00 bits per heavy atom. The second-order valence-corrected chi connectivity index (χ2v) is 4.02. The Kier molecular flexibility index (Phi) is 4.03. The molecule has 2 nitrogen and oxygen atoms in total. The second-order valence-electron chi connectivity index (χ2n) is 3.36. The SMILES string of the molecule is COc1cccc(C(F)(F)F)c1C(=O)C(C)Cl. The molecule has 1 unspecified atom stereocenters. The van der Waals surface area contributed by atoms with Crippen LogP contribution in [-0.2, 0) is 6.18 Å². The molecule has 0 radical (unpaired) electrons. The summed E-state index contributed by atoms with van der Waals surface area (Å²) in [4.78, 5) is 11.7. The van der Waals surface area contributed by atoms with E-state index in [0.29, 0.717) is 0 Å². The van der Waals surface area contributed by atoms with Crippen molar-refractivity contribution >= 4 is 17.4 Å². The van der Waals surface area contributed by atoms with Gasteiger partial charge in [-0.05, 0) is 19.1 Å². The number of Topliss-reactive ketones (excluding diaryl/α,β-unsaturated/α-hetero) is 1. The zero-order valence-electron chi connectivity index (χ0n) is 9.14. The summed E-state index contributed by atoms with van der Waals surface area (Å²) in [5.74, 6) is -0.936. The van der Waals surface area contributed by atoms with Crippen molar-refractivity contribution in [2.75, 3.05) is 7.11 Å². The summed E-state index contributed by atoms with van der Waals surface area (Å²) in [5.41, 5.74) is -1.56. The number of hydrogen-bond acceptors (Lipinski definition) is 2. The van der Waals surface area contributed by atoms with Gasteiger partial charge >= 0.3 is 6.18 Å². The predicted molar refractivity (Wildman–Crippen MR) is 57.6 cm³/mol. The molecule has 0 heterocycles. The minimum absolute atomic E-state index is 0.127. The molecule has 0 saturated heterocycles. The highest BCUT2D eigenvalue weighted by molar-refractivity contribution is 6.34. The van der Waals surface area contributed by atoms with Gasteiger partial charge in [0.2, 0.25) is 0 Å². The molecular weight excluding hydrogens is 257 g/mol. The van der Waals surface area contributed by atoms with E-state index in [-0.39, 0.29) is 5.75 Å². The number of carbonyl (C=O) groups is 1. The first-order valence-corrected chi connectivity index (χ1v) is 5.15. The molecule has 94 valence electrons. The van der Waals surface area contributed by atoms with Gasteiger partial charge in [0.15, 0.2) is 5.78 Å². The Hall–Kier alpha value is -1.23. The van der Waals surface area contributed by atoms with Crippen LogP contribution in [0.4, 0.5) is 13.2 Å². The van der Waals surface area contributed by atoms with E-state index in [4.69, 9.17) is 16.3 Å². The lowest BCUT2D eigenvalue weighted by molar-refractivity contribution is -0.138. The first-order valence-electron chi connectivity index (χ1n) is 4.71. The van der Waals surface area contributed by atoms with Crippen molar-refractivity contribution in [2.45, 2.75) is 18.5 Å². The van der Waals surface area contributed by atoms with E-state index in [1.165, 1.54) is 26.2 Å². The maximum Gasteiger partial charge on any atom is 0.417 e. The zero-order chi connectivity index (χ0) is 13.2. The minimum atomic E-state index is -4.62. The standard InChI is InChI=1S/C11H10ClF3O2/c1-6(12)10(16)9-7(11(13,14)15)4-3-5-8(9)17-2/h3-6H,1-2H3. The van der Waals surface area contributed by atoms with Gasteiger partial charge in [0.05, 0.1) is 23.6 Å². The average Bonchev–Trinajstić information content (AvgIpc) is 2.25. The Balaban J connectivity index is 3.47. The van der Waals surface area contributed by atoms with Gasteiger partial charge in [-0.15, -0.1) is 11.6 Å². The number of benzene rings is 1. The molecule has 6 heteroatoms. The summed E-state index contributed by atoms with van der Waals surface area (Å²) in [5, 5.41) is -1.05. The fourth-order valence-corrected chi connectivity index (χ4v) is 1.50. The van der Waals surface area contributed by atoms with Crippen molar-refractivity contribution in [3.05, 3.63) is 29.3 Å². The molecule has 0 aromatic heterocycles. The quantitative estimate of drug-likeness (QED) is 0.618. The number of rotatable bonds is 3.